The van der Waals surface area contributed by atoms with Crippen LogP contribution < -0.4 is 0 Å². The van der Waals surface area contributed by atoms with Crippen molar-refractivity contribution in [2.45, 2.75) is 50.5 Å². The molecule has 0 spiro atoms. The Morgan fingerprint density at radius 1 is 1.19 bits per heavy atom. The van der Waals surface area contributed by atoms with E-state index in [1.54, 1.807) is 0 Å². The highest BCUT2D eigenvalue weighted by Gasteiger charge is 2.43. The lowest BCUT2D eigenvalue weighted by Gasteiger charge is -2.44. The first-order valence-electron chi connectivity index (χ1n) is 7.93. The lowest BCUT2D eigenvalue weighted by atomic mass is 9.72. The van der Waals surface area contributed by atoms with Crippen molar-refractivity contribution >= 4 is 5.97 Å². The molecule has 1 aliphatic carbocycles. The molecule has 0 aromatic heterocycles. The maximum Gasteiger partial charge on any atom is 0.303 e. The zero-order valence-corrected chi connectivity index (χ0v) is 13.5. The largest absolute Gasteiger partial charge is 0.459 e. The van der Waals surface area contributed by atoms with E-state index < -0.39 is 0 Å². The lowest BCUT2D eigenvalue weighted by Crippen LogP contribution is -2.46. The maximum atomic E-state index is 11.7. The van der Waals surface area contributed by atoms with Crippen LogP contribution in [0, 0.1) is 0 Å². The van der Waals surface area contributed by atoms with Gasteiger partial charge in [0.05, 0.1) is 0 Å². The van der Waals surface area contributed by atoms with Crippen molar-refractivity contribution < 1.29 is 9.53 Å². The van der Waals surface area contributed by atoms with Gasteiger partial charge >= 0.3 is 5.97 Å². The fourth-order valence-electron chi connectivity index (χ4n) is 3.58. The first-order chi connectivity index (χ1) is 10.0. The van der Waals surface area contributed by atoms with Crippen LogP contribution in [0.4, 0.5) is 0 Å². The smallest absolute Gasteiger partial charge is 0.303 e. The minimum atomic E-state index is -0.338. The van der Waals surface area contributed by atoms with Crippen molar-refractivity contribution in [2.75, 3.05) is 20.6 Å². The molecule has 0 saturated heterocycles. The van der Waals surface area contributed by atoms with Gasteiger partial charge < -0.3 is 9.64 Å². The van der Waals surface area contributed by atoms with Gasteiger partial charge in [0.15, 0.2) is 0 Å². The molecule has 3 nitrogen and oxygen atoms in total. The van der Waals surface area contributed by atoms with Gasteiger partial charge in [-0.2, -0.15) is 0 Å². The molecule has 0 aliphatic heterocycles. The number of carbonyl (C=O) groups is 1. The number of hydrogen-bond acceptors (Lipinski definition) is 3. The summed E-state index contributed by atoms with van der Waals surface area (Å²) in [6.07, 6.45) is 5.47. The van der Waals surface area contributed by atoms with E-state index in [-0.39, 0.29) is 17.5 Å². The summed E-state index contributed by atoms with van der Waals surface area (Å²) >= 11 is 0. The van der Waals surface area contributed by atoms with E-state index in [9.17, 15) is 4.79 Å². The van der Waals surface area contributed by atoms with Gasteiger partial charge in [0.1, 0.15) is 5.60 Å². The van der Waals surface area contributed by atoms with E-state index >= 15 is 0 Å². The van der Waals surface area contributed by atoms with Crippen molar-refractivity contribution in [1.82, 2.24) is 4.90 Å². The van der Waals surface area contributed by atoms with Crippen molar-refractivity contribution in [1.29, 1.82) is 0 Å². The molecule has 3 heteroatoms. The molecule has 0 heterocycles. The Bertz CT molecular complexity index is 450. The van der Waals surface area contributed by atoms with Gasteiger partial charge in [0.25, 0.3) is 0 Å². The van der Waals surface area contributed by atoms with Crippen LogP contribution in [-0.2, 0) is 9.53 Å². The van der Waals surface area contributed by atoms with Crippen LogP contribution in [0.1, 0.15) is 50.5 Å². The molecule has 1 aliphatic rings. The number of carbonyl (C=O) groups excluding carboxylic acids is 1. The Morgan fingerprint density at radius 3 is 2.33 bits per heavy atom. The highest BCUT2D eigenvalue weighted by molar-refractivity contribution is 5.66. The highest BCUT2D eigenvalue weighted by atomic mass is 16.6. The van der Waals surface area contributed by atoms with Gasteiger partial charge in [0, 0.05) is 19.4 Å². The third-order valence-electron chi connectivity index (χ3n) is 4.43. The Labute approximate surface area is 128 Å². The van der Waals surface area contributed by atoms with Crippen LogP contribution in [0.3, 0.4) is 0 Å². The van der Waals surface area contributed by atoms with Crippen LogP contribution in [0.25, 0.3) is 0 Å². The number of rotatable bonds is 5. The Hall–Kier alpha value is -1.35. The van der Waals surface area contributed by atoms with Crippen LogP contribution in [0.15, 0.2) is 30.3 Å². The fraction of sp³-hybridized carbons (Fsp3) is 0.611. The van der Waals surface area contributed by atoms with Gasteiger partial charge in [-0.15, -0.1) is 0 Å². The Kier molecular flexibility index (Phi) is 5.40. The summed E-state index contributed by atoms with van der Waals surface area (Å²) in [5.74, 6) is 0.0782. The molecule has 1 unspecified atom stereocenters. The number of likely N-dealkylation sites (N-methyl/N-ethyl adjacent to an activating group) is 1. The minimum Gasteiger partial charge on any atom is -0.459 e. The van der Waals surface area contributed by atoms with Gasteiger partial charge in [-0.05, 0) is 45.3 Å². The number of hydrogen-bond donors (Lipinski definition) is 0. The first-order valence-corrected chi connectivity index (χ1v) is 7.93. The summed E-state index contributed by atoms with van der Waals surface area (Å²) in [4.78, 5) is 13.9. The second-order valence-corrected chi connectivity index (χ2v) is 6.44. The number of benzene rings is 1. The molecule has 21 heavy (non-hydrogen) atoms. The number of esters is 1. The molecule has 1 saturated carbocycles. The molecule has 0 bridgehead atoms. The molecule has 0 amide bonds. The van der Waals surface area contributed by atoms with E-state index in [1.165, 1.54) is 18.9 Å². The summed E-state index contributed by atoms with van der Waals surface area (Å²) in [5.41, 5.74) is 0.935. The lowest BCUT2D eigenvalue weighted by molar-refractivity contribution is -0.164. The third-order valence-corrected chi connectivity index (χ3v) is 4.43. The second-order valence-electron chi connectivity index (χ2n) is 6.44. The summed E-state index contributed by atoms with van der Waals surface area (Å²) in [6.45, 7) is 2.44. The predicted octanol–water partition coefficient (Wildman–Crippen LogP) is 3.60. The highest BCUT2D eigenvalue weighted by Crippen LogP contribution is 2.43. The minimum absolute atomic E-state index is 0.156. The van der Waals surface area contributed by atoms with E-state index in [4.69, 9.17) is 4.74 Å². The molecule has 2 rings (SSSR count). The zero-order chi connectivity index (χ0) is 15.3. The average Bonchev–Trinajstić information content (AvgIpc) is 2.45. The quantitative estimate of drug-likeness (QED) is 0.776. The summed E-state index contributed by atoms with van der Waals surface area (Å²) in [6, 6.07) is 10.5. The van der Waals surface area contributed by atoms with E-state index in [0.29, 0.717) is 0 Å². The summed E-state index contributed by atoms with van der Waals surface area (Å²) in [7, 11) is 4.17. The molecule has 0 N–H and O–H groups in total. The normalized spacial score (nSPS) is 19.2. The van der Waals surface area contributed by atoms with Crippen molar-refractivity contribution in [3.63, 3.8) is 0 Å². The molecular formula is C18H27NO2. The standard InChI is InChI=1S/C18H27NO2/c1-15(20)21-18(12-8-5-9-13-18)17(14-19(2)3)16-10-6-4-7-11-16/h4,6-7,10-11,17H,5,8-9,12-14H2,1-3H3. The van der Waals surface area contributed by atoms with Gasteiger partial charge in [-0.25, -0.2) is 0 Å². The second kappa shape index (κ2) is 7.08. The Balaban J connectivity index is 2.36. The molecule has 1 fully saturated rings. The molecular weight excluding hydrogens is 262 g/mol. The van der Waals surface area contributed by atoms with E-state index in [2.05, 4.69) is 43.3 Å². The third kappa shape index (κ3) is 4.07. The predicted molar refractivity (Wildman–Crippen MR) is 85.3 cm³/mol. The van der Waals surface area contributed by atoms with Crippen LogP contribution in [-0.4, -0.2) is 37.1 Å². The number of ether oxygens (including phenoxy) is 1. The zero-order valence-electron chi connectivity index (χ0n) is 13.5. The van der Waals surface area contributed by atoms with Gasteiger partial charge in [0.2, 0.25) is 0 Å². The van der Waals surface area contributed by atoms with Gasteiger partial charge in [-0.1, -0.05) is 36.8 Å². The summed E-state index contributed by atoms with van der Waals surface area (Å²) < 4.78 is 5.93. The molecule has 1 aromatic carbocycles. The Morgan fingerprint density at radius 2 is 1.81 bits per heavy atom. The molecule has 116 valence electrons. The van der Waals surface area contributed by atoms with Gasteiger partial charge in [-0.3, -0.25) is 4.79 Å². The first kappa shape index (κ1) is 16.0. The van der Waals surface area contributed by atoms with E-state index in [0.717, 1.165) is 32.2 Å². The molecule has 1 aromatic rings. The monoisotopic (exact) mass is 289 g/mol. The van der Waals surface area contributed by atoms with Crippen LogP contribution >= 0.6 is 0 Å². The number of nitrogens with zero attached hydrogens (tertiary/aromatic N) is 1. The summed E-state index contributed by atoms with van der Waals surface area (Å²) in [5, 5.41) is 0. The fourth-order valence-corrected chi connectivity index (χ4v) is 3.58. The van der Waals surface area contributed by atoms with Crippen molar-refractivity contribution in [2.24, 2.45) is 0 Å². The molecule has 1 atom stereocenters. The average molecular weight is 289 g/mol. The maximum absolute atomic E-state index is 11.7. The molecule has 0 radical (unpaired) electrons. The van der Waals surface area contributed by atoms with Crippen molar-refractivity contribution in [3.8, 4) is 0 Å². The topological polar surface area (TPSA) is 29.5 Å². The van der Waals surface area contributed by atoms with Crippen LogP contribution in [0.5, 0.6) is 0 Å². The van der Waals surface area contributed by atoms with E-state index in [1.807, 2.05) is 6.07 Å². The van der Waals surface area contributed by atoms with Crippen LogP contribution in [0.2, 0.25) is 0 Å². The van der Waals surface area contributed by atoms with Crippen molar-refractivity contribution in [3.05, 3.63) is 35.9 Å². The SMILES string of the molecule is CC(=O)OC1(C(CN(C)C)c2ccccc2)CCCCC1.